The lowest BCUT2D eigenvalue weighted by Crippen LogP contribution is -2.13. The molecule has 1 heterocycles. The van der Waals surface area contributed by atoms with Gasteiger partial charge in [-0.3, -0.25) is 10.8 Å². The van der Waals surface area contributed by atoms with Crippen molar-refractivity contribution in [1.29, 1.82) is 10.8 Å². The molecule has 290 valence electrons. The summed E-state index contributed by atoms with van der Waals surface area (Å²) < 4.78 is 7.98. The first-order valence-corrected chi connectivity index (χ1v) is 20.3. The number of nitrogens with one attached hydrogen (secondary N) is 2. The number of hydrogen-bond acceptors (Lipinski definition) is 4. The van der Waals surface area contributed by atoms with Gasteiger partial charge in [0, 0.05) is 44.6 Å². The maximum absolute atomic E-state index is 8.57. The Bertz CT molecular complexity index is 3140. The molecule has 9 aromatic carbocycles. The fraction of sp³-hybridized carbons (Fsp3) is 0. The standard InChI is InChI=1S/C56H40N4O/c57-55(43-15-7-2-8-16-43)61-56(58)44-27-33-50(34-28-44)59(47-17-9-3-10-18-47)49-31-25-42(26-32-49)46-30-36-54-52(38-46)51-37-45(29-35-53(51)60(54)48-19-11-4-12-20-48)41-23-21-40(22-24-41)39-13-5-1-6-14-39/h1-38,57-58H. The topological polar surface area (TPSA) is 65.1 Å². The summed E-state index contributed by atoms with van der Waals surface area (Å²) in [5, 5.41) is 19.3. The second-order valence-corrected chi connectivity index (χ2v) is 15.0. The molecular formula is C56H40N4O. The minimum atomic E-state index is -0.0754. The molecule has 0 saturated carbocycles. The van der Waals surface area contributed by atoms with E-state index in [4.69, 9.17) is 15.6 Å². The fourth-order valence-electron chi connectivity index (χ4n) is 8.12. The van der Waals surface area contributed by atoms with Gasteiger partial charge in [-0.05, 0) is 130 Å². The SMILES string of the molecule is N=C(OC(=N)c1ccc(N(c2ccccc2)c2ccc(-c3ccc4c(c3)c3cc(-c5ccc(-c6ccccc6)cc5)ccc3n4-c3ccccc3)cc2)cc1)c1ccccc1. The van der Waals surface area contributed by atoms with E-state index in [0.29, 0.717) is 11.1 Å². The van der Waals surface area contributed by atoms with Crippen molar-refractivity contribution in [2.24, 2.45) is 0 Å². The Balaban J connectivity index is 0.986. The molecule has 0 unspecified atom stereocenters. The van der Waals surface area contributed by atoms with Gasteiger partial charge in [-0.1, -0.05) is 133 Å². The normalized spacial score (nSPS) is 11.1. The summed E-state index contributed by atoms with van der Waals surface area (Å²) in [7, 11) is 0. The van der Waals surface area contributed by atoms with Gasteiger partial charge in [-0.2, -0.15) is 0 Å². The number of para-hydroxylation sites is 2. The molecule has 5 heteroatoms. The smallest absolute Gasteiger partial charge is 0.221 e. The third-order valence-electron chi connectivity index (χ3n) is 11.2. The van der Waals surface area contributed by atoms with E-state index in [0.717, 1.165) is 39.4 Å². The van der Waals surface area contributed by atoms with Crippen molar-refractivity contribution in [2.75, 3.05) is 4.90 Å². The second kappa shape index (κ2) is 16.2. The number of aromatic nitrogens is 1. The predicted octanol–water partition coefficient (Wildman–Crippen LogP) is 14.6. The van der Waals surface area contributed by atoms with E-state index >= 15 is 0 Å². The van der Waals surface area contributed by atoms with Crippen molar-refractivity contribution >= 4 is 50.7 Å². The van der Waals surface area contributed by atoms with Crippen molar-refractivity contribution < 1.29 is 4.74 Å². The largest absolute Gasteiger partial charge is 0.421 e. The summed E-state index contributed by atoms with van der Waals surface area (Å²) in [4.78, 5) is 2.20. The first-order valence-electron chi connectivity index (χ1n) is 20.3. The van der Waals surface area contributed by atoms with Gasteiger partial charge in [0.15, 0.2) is 0 Å². The van der Waals surface area contributed by atoms with Gasteiger partial charge in [0.25, 0.3) is 0 Å². The molecule has 0 radical (unpaired) electrons. The van der Waals surface area contributed by atoms with Crippen LogP contribution in [0.25, 0.3) is 60.9 Å². The van der Waals surface area contributed by atoms with Crippen LogP contribution in [0.5, 0.6) is 0 Å². The van der Waals surface area contributed by atoms with E-state index in [1.54, 1.807) is 12.1 Å². The summed E-state index contributed by atoms with van der Waals surface area (Å²) in [6.45, 7) is 0. The number of rotatable bonds is 9. The van der Waals surface area contributed by atoms with Gasteiger partial charge < -0.3 is 14.2 Å². The molecule has 0 spiro atoms. The van der Waals surface area contributed by atoms with Gasteiger partial charge >= 0.3 is 0 Å². The van der Waals surface area contributed by atoms with E-state index in [1.807, 2.05) is 60.7 Å². The molecule has 5 nitrogen and oxygen atoms in total. The number of benzene rings is 9. The zero-order valence-electron chi connectivity index (χ0n) is 33.2. The third-order valence-corrected chi connectivity index (χ3v) is 11.2. The number of ether oxygens (including phenoxy) is 1. The minimum absolute atomic E-state index is 0.0588. The molecule has 0 aliphatic carbocycles. The molecule has 10 rings (SSSR count). The molecule has 2 N–H and O–H groups in total. The first-order chi connectivity index (χ1) is 30.1. The summed E-state index contributed by atoms with van der Waals surface area (Å²) in [5.41, 5.74) is 14.7. The van der Waals surface area contributed by atoms with Gasteiger partial charge in [0.2, 0.25) is 11.8 Å². The van der Waals surface area contributed by atoms with Crippen LogP contribution in [0, 0.1) is 10.8 Å². The predicted molar refractivity (Wildman–Crippen MR) is 253 cm³/mol. The molecule has 61 heavy (non-hydrogen) atoms. The highest BCUT2D eigenvalue weighted by atomic mass is 16.5. The molecule has 0 aliphatic heterocycles. The Morgan fingerprint density at radius 1 is 0.344 bits per heavy atom. The van der Waals surface area contributed by atoms with Crippen molar-refractivity contribution in [3.8, 4) is 39.1 Å². The van der Waals surface area contributed by atoms with Crippen molar-refractivity contribution in [2.45, 2.75) is 0 Å². The molecule has 10 aromatic rings. The molecular weight excluding hydrogens is 745 g/mol. The maximum Gasteiger partial charge on any atom is 0.221 e. The quantitative estimate of drug-likeness (QED) is 0.113. The van der Waals surface area contributed by atoms with Crippen molar-refractivity contribution in [3.05, 3.63) is 242 Å². The van der Waals surface area contributed by atoms with Crippen LogP contribution in [0.15, 0.2) is 231 Å². The van der Waals surface area contributed by atoms with Crippen LogP contribution >= 0.6 is 0 Å². The van der Waals surface area contributed by atoms with Crippen molar-refractivity contribution in [1.82, 2.24) is 4.57 Å². The van der Waals surface area contributed by atoms with E-state index in [9.17, 15) is 0 Å². The zero-order chi connectivity index (χ0) is 41.1. The average molecular weight is 785 g/mol. The lowest BCUT2D eigenvalue weighted by molar-refractivity contribution is 0.538. The highest BCUT2D eigenvalue weighted by Crippen LogP contribution is 2.39. The van der Waals surface area contributed by atoms with Crippen LogP contribution < -0.4 is 4.90 Å². The Morgan fingerprint density at radius 3 is 1.23 bits per heavy atom. The molecule has 1 aromatic heterocycles. The van der Waals surface area contributed by atoms with E-state index < -0.39 is 0 Å². The average Bonchev–Trinajstić information content (AvgIpc) is 3.66. The summed E-state index contributed by atoms with van der Waals surface area (Å²) in [6, 6.07) is 79.5. The van der Waals surface area contributed by atoms with Gasteiger partial charge in [-0.25, -0.2) is 0 Å². The van der Waals surface area contributed by atoms with Crippen LogP contribution in [0.2, 0.25) is 0 Å². The first kappa shape index (κ1) is 37.0. The third kappa shape index (κ3) is 7.37. The van der Waals surface area contributed by atoms with Crippen LogP contribution in [-0.2, 0) is 4.74 Å². The van der Waals surface area contributed by atoms with E-state index in [-0.39, 0.29) is 11.8 Å². The molecule has 0 amide bonds. The van der Waals surface area contributed by atoms with Crippen LogP contribution in [-0.4, -0.2) is 16.4 Å². The number of hydrogen-bond donors (Lipinski definition) is 2. The lowest BCUT2D eigenvalue weighted by Gasteiger charge is -2.26. The highest BCUT2D eigenvalue weighted by Gasteiger charge is 2.17. The molecule has 0 aliphatic rings. The van der Waals surface area contributed by atoms with Crippen LogP contribution in [0.1, 0.15) is 11.1 Å². The number of nitrogens with zero attached hydrogens (tertiary/aromatic N) is 2. The van der Waals surface area contributed by atoms with Gasteiger partial charge in [-0.15, -0.1) is 0 Å². The highest BCUT2D eigenvalue weighted by molar-refractivity contribution is 6.12. The summed E-state index contributed by atoms with van der Waals surface area (Å²) >= 11 is 0. The number of fused-ring (bicyclic) bond motifs is 3. The van der Waals surface area contributed by atoms with Gasteiger partial charge in [0.1, 0.15) is 0 Å². The monoisotopic (exact) mass is 784 g/mol. The Kier molecular flexibility index (Phi) is 9.81. The minimum Gasteiger partial charge on any atom is -0.421 e. The Hall–Kier alpha value is -8.28. The zero-order valence-corrected chi connectivity index (χ0v) is 33.2. The number of anilines is 3. The van der Waals surface area contributed by atoms with Crippen LogP contribution in [0.3, 0.4) is 0 Å². The molecule has 0 fully saturated rings. The Morgan fingerprint density at radius 2 is 0.705 bits per heavy atom. The summed E-state index contributed by atoms with van der Waals surface area (Å²) in [5.74, 6) is -0.134. The lowest BCUT2D eigenvalue weighted by atomic mass is 9.98. The second-order valence-electron chi connectivity index (χ2n) is 15.0. The molecule has 0 saturated heterocycles. The molecule has 0 atom stereocenters. The Labute approximate surface area is 355 Å². The van der Waals surface area contributed by atoms with E-state index in [1.165, 1.54) is 38.5 Å². The summed E-state index contributed by atoms with van der Waals surface area (Å²) in [6.07, 6.45) is 0. The fourth-order valence-corrected chi connectivity index (χ4v) is 8.12. The molecule has 0 bridgehead atoms. The van der Waals surface area contributed by atoms with Crippen molar-refractivity contribution in [3.63, 3.8) is 0 Å². The van der Waals surface area contributed by atoms with Gasteiger partial charge in [0.05, 0.1) is 11.0 Å². The van der Waals surface area contributed by atoms with Crippen LogP contribution in [0.4, 0.5) is 17.1 Å². The maximum atomic E-state index is 8.57. The van der Waals surface area contributed by atoms with E-state index in [2.05, 4.69) is 167 Å².